The zero-order chi connectivity index (χ0) is 30.7. The van der Waals surface area contributed by atoms with Crippen LogP contribution in [0.5, 0.6) is 5.75 Å². The van der Waals surface area contributed by atoms with Gasteiger partial charge in [0, 0.05) is 51.3 Å². The quantitative estimate of drug-likeness (QED) is 0.258. The van der Waals surface area contributed by atoms with Crippen molar-refractivity contribution in [2.24, 2.45) is 0 Å². The summed E-state index contributed by atoms with van der Waals surface area (Å²) in [4.78, 5) is 41.9. The van der Waals surface area contributed by atoms with Crippen molar-refractivity contribution in [1.29, 1.82) is 0 Å². The highest BCUT2D eigenvalue weighted by molar-refractivity contribution is 6.38. The first-order valence-electron chi connectivity index (χ1n) is 13.3. The lowest BCUT2D eigenvalue weighted by Gasteiger charge is -2.43. The molecule has 2 N–H and O–H groups in total. The Morgan fingerprint density at radius 3 is 2.38 bits per heavy atom. The lowest BCUT2D eigenvalue weighted by molar-refractivity contribution is -0.109. The van der Waals surface area contributed by atoms with E-state index in [-0.39, 0.29) is 34.3 Å². The molecule has 224 valence electrons. The normalized spacial score (nSPS) is 14.7. The van der Waals surface area contributed by atoms with E-state index in [2.05, 4.69) is 20.3 Å². The number of carbonyl (C=O) groups excluding carboxylic acids is 2. The van der Waals surface area contributed by atoms with Crippen molar-refractivity contribution in [3.8, 4) is 5.75 Å². The number of nitrogens with zero attached hydrogens (tertiary/aromatic N) is 5. The van der Waals surface area contributed by atoms with Gasteiger partial charge in [0.2, 0.25) is 5.78 Å². The highest BCUT2D eigenvalue weighted by Gasteiger charge is 2.40. The number of rotatable bonds is 8. The number of anilines is 2. The number of benzene rings is 1. The maximum absolute atomic E-state index is 13.4. The van der Waals surface area contributed by atoms with E-state index in [4.69, 9.17) is 32.7 Å². The number of amides is 1. The first-order chi connectivity index (χ1) is 19.8. The van der Waals surface area contributed by atoms with Gasteiger partial charge in [-0.3, -0.25) is 9.69 Å². The molecular weight excluding hydrogens is 583 g/mol. The molecule has 0 bridgehead atoms. The maximum Gasteiger partial charge on any atom is 0.412 e. The molecule has 0 spiro atoms. The Balaban J connectivity index is 1.42. The molecule has 1 aliphatic heterocycles. The highest BCUT2D eigenvalue weighted by Crippen LogP contribution is 2.31. The van der Waals surface area contributed by atoms with Gasteiger partial charge in [-0.2, -0.15) is 0 Å². The standard InChI is InChI=1S/C29H34Cl2N6O5/c1-28(2,3)42-27(39)36(4)29(40)11-14-37(15-12-29)21-17-33-23(25(31)35-21)24(38)20-10-13-32-26(22(20)30)34-16-18-6-8-19(41-5)9-7-18/h6-10,13,17,40H,11-12,14-16H2,1-5H3,(H,32,34). The number of halogens is 2. The molecule has 2 aromatic heterocycles. The molecule has 1 fully saturated rings. The van der Waals surface area contributed by atoms with Crippen LogP contribution in [0.25, 0.3) is 0 Å². The number of ketones is 1. The van der Waals surface area contributed by atoms with E-state index in [0.29, 0.717) is 31.3 Å². The van der Waals surface area contributed by atoms with Gasteiger partial charge in [0.25, 0.3) is 0 Å². The van der Waals surface area contributed by atoms with E-state index in [0.717, 1.165) is 11.3 Å². The van der Waals surface area contributed by atoms with Crippen molar-refractivity contribution in [1.82, 2.24) is 19.9 Å². The summed E-state index contributed by atoms with van der Waals surface area (Å²) in [5.41, 5.74) is -0.941. The first kappa shape index (κ1) is 31.3. The third-order valence-electron chi connectivity index (χ3n) is 6.87. The monoisotopic (exact) mass is 616 g/mol. The van der Waals surface area contributed by atoms with Crippen LogP contribution in [0.4, 0.5) is 16.4 Å². The van der Waals surface area contributed by atoms with Crippen LogP contribution in [0, 0.1) is 0 Å². The van der Waals surface area contributed by atoms with Gasteiger partial charge in [-0.25, -0.2) is 19.7 Å². The fraction of sp³-hybridized carbons (Fsp3) is 0.414. The van der Waals surface area contributed by atoms with Crippen LogP contribution in [0.3, 0.4) is 0 Å². The van der Waals surface area contributed by atoms with E-state index >= 15 is 0 Å². The van der Waals surface area contributed by atoms with E-state index in [9.17, 15) is 14.7 Å². The minimum Gasteiger partial charge on any atom is -0.497 e. The molecule has 0 saturated carbocycles. The fourth-order valence-corrected chi connectivity index (χ4v) is 4.88. The number of carbonyl (C=O) groups is 2. The Morgan fingerprint density at radius 2 is 1.79 bits per heavy atom. The summed E-state index contributed by atoms with van der Waals surface area (Å²) in [6.07, 6.45) is 2.84. The first-order valence-corrected chi connectivity index (χ1v) is 14.1. The second-order valence-electron chi connectivity index (χ2n) is 10.9. The van der Waals surface area contributed by atoms with E-state index in [1.54, 1.807) is 27.9 Å². The van der Waals surface area contributed by atoms with Gasteiger partial charge >= 0.3 is 6.09 Å². The Hall–Kier alpha value is -3.67. The number of piperidine rings is 1. The SMILES string of the molecule is COc1ccc(CNc2nccc(C(=O)c3ncc(N4CCC(O)(N(C)C(=O)OC(C)(C)C)CC4)nc3Cl)c2Cl)cc1. The number of pyridine rings is 1. The average molecular weight is 618 g/mol. The summed E-state index contributed by atoms with van der Waals surface area (Å²) in [5.74, 6) is 1.04. The Labute approximate surface area is 254 Å². The highest BCUT2D eigenvalue weighted by atomic mass is 35.5. The summed E-state index contributed by atoms with van der Waals surface area (Å²) in [6, 6.07) is 9.02. The third-order valence-corrected chi connectivity index (χ3v) is 7.51. The van der Waals surface area contributed by atoms with Crippen LogP contribution < -0.4 is 15.0 Å². The number of hydrogen-bond donors (Lipinski definition) is 2. The Morgan fingerprint density at radius 1 is 1.12 bits per heavy atom. The molecule has 0 unspecified atom stereocenters. The second-order valence-corrected chi connectivity index (χ2v) is 11.7. The third kappa shape index (κ3) is 7.21. The van der Waals surface area contributed by atoms with Crippen molar-refractivity contribution in [2.45, 2.75) is 51.5 Å². The molecule has 0 atom stereocenters. The molecule has 1 aromatic carbocycles. The van der Waals surface area contributed by atoms with Crippen LogP contribution in [-0.2, 0) is 11.3 Å². The molecule has 42 heavy (non-hydrogen) atoms. The van der Waals surface area contributed by atoms with Crippen LogP contribution >= 0.6 is 23.2 Å². The number of aliphatic hydroxyl groups is 1. The second kappa shape index (κ2) is 12.7. The molecule has 1 aliphatic rings. The summed E-state index contributed by atoms with van der Waals surface area (Å²) in [7, 11) is 3.12. The summed E-state index contributed by atoms with van der Waals surface area (Å²) < 4.78 is 10.6. The fourth-order valence-electron chi connectivity index (χ4n) is 4.39. The van der Waals surface area contributed by atoms with Gasteiger partial charge in [0.05, 0.1) is 18.3 Å². The van der Waals surface area contributed by atoms with Gasteiger partial charge < -0.3 is 24.8 Å². The molecule has 11 nitrogen and oxygen atoms in total. The molecule has 1 saturated heterocycles. The zero-order valence-electron chi connectivity index (χ0n) is 24.1. The predicted molar refractivity (Wildman–Crippen MR) is 160 cm³/mol. The van der Waals surface area contributed by atoms with Crippen molar-refractivity contribution in [2.75, 3.05) is 37.5 Å². The summed E-state index contributed by atoms with van der Waals surface area (Å²) >= 11 is 13.0. The molecule has 4 rings (SSSR count). The largest absolute Gasteiger partial charge is 0.497 e. The van der Waals surface area contributed by atoms with E-state index in [1.807, 2.05) is 29.2 Å². The van der Waals surface area contributed by atoms with Crippen molar-refractivity contribution in [3.63, 3.8) is 0 Å². The average Bonchev–Trinajstić information content (AvgIpc) is 2.95. The number of methoxy groups -OCH3 is 1. The van der Waals surface area contributed by atoms with Gasteiger partial charge in [0.15, 0.2) is 5.15 Å². The molecule has 13 heteroatoms. The van der Waals surface area contributed by atoms with E-state index < -0.39 is 23.2 Å². The Bertz CT molecular complexity index is 1440. The van der Waals surface area contributed by atoms with E-state index in [1.165, 1.54) is 30.4 Å². The lowest BCUT2D eigenvalue weighted by Crippen LogP contribution is -2.57. The molecule has 0 aliphatic carbocycles. The van der Waals surface area contributed by atoms with Gasteiger partial charge in [0.1, 0.15) is 34.4 Å². The summed E-state index contributed by atoms with van der Waals surface area (Å²) in [6.45, 7) is 6.49. The van der Waals surface area contributed by atoms with Gasteiger partial charge in [-0.05, 0) is 44.5 Å². The molecule has 3 heterocycles. The zero-order valence-corrected chi connectivity index (χ0v) is 25.7. The van der Waals surface area contributed by atoms with Crippen LogP contribution in [0.15, 0.2) is 42.7 Å². The number of hydrogen-bond acceptors (Lipinski definition) is 10. The Kier molecular flexibility index (Phi) is 9.44. The summed E-state index contributed by atoms with van der Waals surface area (Å²) in [5, 5.41) is 14.3. The van der Waals surface area contributed by atoms with Gasteiger partial charge in [-0.15, -0.1) is 0 Å². The number of nitrogens with one attached hydrogen (secondary N) is 1. The van der Waals surface area contributed by atoms with Crippen molar-refractivity contribution >= 4 is 46.7 Å². The predicted octanol–water partition coefficient (Wildman–Crippen LogP) is 5.19. The number of aromatic nitrogens is 3. The minimum absolute atomic E-state index is 0.0483. The minimum atomic E-state index is -1.37. The van der Waals surface area contributed by atoms with Crippen molar-refractivity contribution < 1.29 is 24.2 Å². The lowest BCUT2D eigenvalue weighted by atomic mass is 9.99. The van der Waals surface area contributed by atoms with Crippen LogP contribution in [0.2, 0.25) is 10.2 Å². The topological polar surface area (TPSA) is 130 Å². The van der Waals surface area contributed by atoms with Crippen LogP contribution in [0.1, 0.15) is 55.2 Å². The number of ether oxygens (including phenoxy) is 2. The molecular formula is C29H34Cl2N6O5. The van der Waals surface area contributed by atoms with Crippen molar-refractivity contribution in [3.05, 3.63) is 69.7 Å². The molecule has 3 aromatic rings. The molecule has 0 radical (unpaired) electrons. The van der Waals surface area contributed by atoms with Gasteiger partial charge in [-0.1, -0.05) is 35.3 Å². The maximum atomic E-state index is 13.4. The smallest absolute Gasteiger partial charge is 0.412 e. The van der Waals surface area contributed by atoms with Crippen LogP contribution in [-0.4, -0.2) is 75.4 Å². The molecule has 1 amide bonds.